The number of benzene rings is 1. The van der Waals surface area contributed by atoms with Gasteiger partial charge in [-0.2, -0.15) is 0 Å². The summed E-state index contributed by atoms with van der Waals surface area (Å²) in [5.74, 6) is -0.967. The molecule has 1 saturated carbocycles. The van der Waals surface area contributed by atoms with Crippen LogP contribution >= 0.6 is 11.3 Å². The summed E-state index contributed by atoms with van der Waals surface area (Å²) in [4.78, 5) is 57.2. The quantitative estimate of drug-likeness (QED) is 0.168. The van der Waals surface area contributed by atoms with E-state index >= 15 is 0 Å². The molecule has 3 aliphatic heterocycles. The highest BCUT2D eigenvalue weighted by molar-refractivity contribution is 7.10. The van der Waals surface area contributed by atoms with Gasteiger partial charge in [-0.05, 0) is 82.7 Å². The van der Waals surface area contributed by atoms with Crippen LogP contribution in [-0.4, -0.2) is 120 Å². The number of piperazine rings is 1. The van der Waals surface area contributed by atoms with Crippen LogP contribution < -0.4 is 21.0 Å². The molecule has 0 spiro atoms. The summed E-state index contributed by atoms with van der Waals surface area (Å²) in [6, 6.07) is 7.54. The van der Waals surface area contributed by atoms with Crippen molar-refractivity contribution < 1.29 is 23.9 Å². The lowest BCUT2D eigenvalue weighted by molar-refractivity contribution is -0.155. The van der Waals surface area contributed by atoms with E-state index in [1.54, 1.807) is 14.2 Å². The van der Waals surface area contributed by atoms with E-state index in [0.29, 0.717) is 25.8 Å². The number of carbonyl (C=O) groups is 3. The van der Waals surface area contributed by atoms with Gasteiger partial charge in [0.1, 0.15) is 12.1 Å². The number of anilines is 1. The third-order valence-electron chi connectivity index (χ3n) is 13.2. The summed E-state index contributed by atoms with van der Waals surface area (Å²) in [5.41, 5.74) is 10.9. The second kappa shape index (κ2) is 18.4. The molecule has 0 radical (unpaired) electrons. The first-order chi connectivity index (χ1) is 29.8. The molecule has 4 aromatic rings. The molecule has 334 valence electrons. The Hall–Kier alpha value is -4.41. The molecule has 1 aliphatic carbocycles. The second-order valence-electron chi connectivity index (χ2n) is 18.7. The minimum atomic E-state index is -0.901. The normalized spacial score (nSPS) is 22.4. The number of aryl methyl sites for hydroxylation is 1. The Balaban J connectivity index is 1.24. The lowest BCUT2D eigenvalue weighted by atomic mass is 9.84. The largest absolute Gasteiger partial charge is 0.464 e. The zero-order chi connectivity index (χ0) is 43.9. The molecule has 1 aromatic carbocycles. The number of hydrogen-bond donors (Lipinski definition) is 3. The molecule has 6 bridgehead atoms. The number of likely N-dealkylation sites (N-methyl/N-ethyl adjacent to an activating group) is 1. The molecule has 2 amide bonds. The van der Waals surface area contributed by atoms with Crippen molar-refractivity contribution in [3.63, 3.8) is 0 Å². The summed E-state index contributed by atoms with van der Waals surface area (Å²) >= 11 is 1.48. The van der Waals surface area contributed by atoms with Gasteiger partial charge in [0.25, 0.3) is 5.91 Å². The number of hydrazine groups is 1. The number of fused-ring (bicyclic) bond motifs is 6. The molecule has 4 aliphatic rings. The highest BCUT2D eigenvalue weighted by atomic mass is 32.1. The van der Waals surface area contributed by atoms with E-state index in [1.165, 1.54) is 29.2 Å². The molecule has 0 unspecified atom stereocenters. The smallest absolute Gasteiger partial charge is 0.324 e. The third kappa shape index (κ3) is 9.15. The topological polar surface area (TPSA) is 146 Å². The van der Waals surface area contributed by atoms with Crippen molar-refractivity contribution >= 4 is 45.7 Å². The molecule has 6 heterocycles. The third-order valence-corrected chi connectivity index (χ3v) is 14.1. The first kappa shape index (κ1) is 44.2. The summed E-state index contributed by atoms with van der Waals surface area (Å²) in [6.07, 6.45) is 6.35. The van der Waals surface area contributed by atoms with Gasteiger partial charge in [-0.15, -0.1) is 11.3 Å². The summed E-state index contributed by atoms with van der Waals surface area (Å²) in [6.45, 7) is 17.8. The fraction of sp³-hybridized carbons (Fsp3) is 0.596. The molecule has 4 atom stereocenters. The Morgan fingerprint density at radius 2 is 1.85 bits per heavy atom. The summed E-state index contributed by atoms with van der Waals surface area (Å²) in [5, 5.41) is 11.5. The highest BCUT2D eigenvalue weighted by Gasteiger charge is 2.37. The number of ether oxygens (including phenoxy) is 2. The Bertz CT molecular complexity index is 2280. The first-order valence-electron chi connectivity index (χ1n) is 22.6. The van der Waals surface area contributed by atoms with Crippen molar-refractivity contribution in [1.29, 1.82) is 0 Å². The Labute approximate surface area is 370 Å². The van der Waals surface area contributed by atoms with Gasteiger partial charge in [0.05, 0.1) is 52.7 Å². The van der Waals surface area contributed by atoms with E-state index in [4.69, 9.17) is 19.4 Å². The van der Waals surface area contributed by atoms with Crippen molar-refractivity contribution in [1.82, 2.24) is 40.5 Å². The number of rotatable bonds is 10. The number of nitrogens with one attached hydrogen (secondary N) is 3. The van der Waals surface area contributed by atoms with E-state index in [2.05, 4.69) is 82.4 Å². The molecule has 62 heavy (non-hydrogen) atoms. The maximum absolute atomic E-state index is 14.3. The number of cyclic esters (lactones) is 1. The number of esters is 1. The van der Waals surface area contributed by atoms with Gasteiger partial charge in [0, 0.05) is 91.7 Å². The maximum Gasteiger partial charge on any atom is 0.324 e. The average Bonchev–Trinajstić information content (AvgIpc) is 3.95. The number of thiazole rings is 1. The van der Waals surface area contributed by atoms with Crippen LogP contribution in [0.5, 0.6) is 0 Å². The van der Waals surface area contributed by atoms with Crippen molar-refractivity contribution in [2.75, 3.05) is 58.4 Å². The zero-order valence-electron chi connectivity index (χ0n) is 37.8. The Morgan fingerprint density at radius 1 is 1.08 bits per heavy atom. The van der Waals surface area contributed by atoms with E-state index in [9.17, 15) is 14.4 Å². The molecule has 8 rings (SSSR count). The van der Waals surface area contributed by atoms with Crippen molar-refractivity contribution in [3.05, 3.63) is 52.1 Å². The number of pyridine rings is 1. The standard InChI is InChI=1S/C47H65N9O5S/c1-9-55-39-15-12-30-21-33(39)35(43(55)34-22-32(25-49-42(34)29(4)60-8)54-19-17-53(18-20-54)31-13-14-31)24-47(5,6)27-61-46(59)36-11-10-16-56(52-36)45(58)37(23-40-50-38(30)26-62-40)51-44(57)41(48-7)28(2)3/h12,15,21-22,25-26,28-29,31,36-37,41,48,52H,9-11,13-14,16-20,23-24,27H2,1-8H3,(H,51,57)/t29-,36-,37-,41-/m0/s1. The average molecular weight is 868 g/mol. The Morgan fingerprint density at radius 3 is 2.55 bits per heavy atom. The van der Waals surface area contributed by atoms with Gasteiger partial charge in [-0.1, -0.05) is 33.8 Å². The molecular weight excluding hydrogens is 803 g/mol. The molecule has 3 aromatic heterocycles. The lowest BCUT2D eigenvalue weighted by Gasteiger charge is -2.36. The predicted octanol–water partition coefficient (Wildman–Crippen LogP) is 5.73. The van der Waals surface area contributed by atoms with Gasteiger partial charge in [-0.25, -0.2) is 10.4 Å². The van der Waals surface area contributed by atoms with Gasteiger partial charge in [-0.3, -0.25) is 29.3 Å². The minimum Gasteiger partial charge on any atom is -0.464 e. The maximum atomic E-state index is 14.3. The summed E-state index contributed by atoms with van der Waals surface area (Å²) in [7, 11) is 3.48. The minimum absolute atomic E-state index is 0.00289. The fourth-order valence-electron chi connectivity index (χ4n) is 9.59. The van der Waals surface area contributed by atoms with E-state index in [-0.39, 0.29) is 36.9 Å². The van der Waals surface area contributed by atoms with Crippen LogP contribution in [0.2, 0.25) is 0 Å². The van der Waals surface area contributed by atoms with Crippen molar-refractivity contribution in [2.24, 2.45) is 11.3 Å². The van der Waals surface area contributed by atoms with Gasteiger partial charge in [0.15, 0.2) is 0 Å². The van der Waals surface area contributed by atoms with E-state index < -0.39 is 29.5 Å². The second-order valence-corrected chi connectivity index (χ2v) is 19.7. The van der Waals surface area contributed by atoms with Crippen LogP contribution in [0.25, 0.3) is 33.4 Å². The van der Waals surface area contributed by atoms with E-state index in [1.807, 2.05) is 25.4 Å². The van der Waals surface area contributed by atoms with Crippen LogP contribution in [-0.2, 0) is 43.2 Å². The number of amides is 2. The highest BCUT2D eigenvalue weighted by Crippen LogP contribution is 2.43. The number of carbonyl (C=O) groups excluding carboxylic acids is 3. The first-order valence-corrected chi connectivity index (χ1v) is 23.5. The SMILES string of the molecule is CCn1c(-c2cc(N3CCN(C4CC4)CC3)cnc2[C@H](C)OC)c2c3cc(ccc31)-c1csc(n1)C[C@H](NC(=O)[C@@H](NC)C(C)C)C(=O)N1CCC[C@H](N1)C(=O)OCC(C)(C)C2. The molecule has 3 fully saturated rings. The Kier molecular flexibility index (Phi) is 13.1. The molecule has 14 nitrogen and oxygen atoms in total. The number of aromatic nitrogens is 3. The number of nitrogens with zero attached hydrogens (tertiary/aromatic N) is 6. The molecular formula is C47H65N9O5S. The molecule has 15 heteroatoms. The van der Waals surface area contributed by atoms with Crippen LogP contribution in [0.15, 0.2) is 35.8 Å². The molecule has 2 saturated heterocycles. The van der Waals surface area contributed by atoms with Crippen LogP contribution in [0, 0.1) is 11.3 Å². The van der Waals surface area contributed by atoms with Crippen LogP contribution in [0.4, 0.5) is 5.69 Å². The molecule has 3 N–H and O–H groups in total. The van der Waals surface area contributed by atoms with Crippen molar-refractivity contribution in [2.45, 2.75) is 117 Å². The van der Waals surface area contributed by atoms with Gasteiger partial charge < -0.3 is 29.6 Å². The van der Waals surface area contributed by atoms with Crippen LogP contribution in [0.1, 0.15) is 89.6 Å². The number of methoxy groups -OCH3 is 1. The van der Waals surface area contributed by atoms with Crippen LogP contribution in [0.3, 0.4) is 0 Å². The zero-order valence-corrected chi connectivity index (χ0v) is 38.6. The van der Waals surface area contributed by atoms with E-state index in [0.717, 1.165) is 94.1 Å². The monoisotopic (exact) mass is 867 g/mol. The predicted molar refractivity (Wildman–Crippen MR) is 244 cm³/mol. The van der Waals surface area contributed by atoms with Gasteiger partial charge in [0.2, 0.25) is 5.91 Å². The number of hydrogen-bond acceptors (Lipinski definition) is 12. The lowest BCUT2D eigenvalue weighted by Crippen LogP contribution is -2.61. The summed E-state index contributed by atoms with van der Waals surface area (Å²) < 4.78 is 14.6. The fourth-order valence-corrected chi connectivity index (χ4v) is 10.4. The van der Waals surface area contributed by atoms with Gasteiger partial charge >= 0.3 is 5.97 Å². The van der Waals surface area contributed by atoms with Crippen molar-refractivity contribution in [3.8, 4) is 22.5 Å².